The molecule has 2 N–H and O–H groups in total. The monoisotopic (exact) mass is 377 g/mol. The number of aliphatic carboxylic acids is 1. The van der Waals surface area contributed by atoms with E-state index in [2.05, 4.69) is 21.2 Å². The number of rotatable bonds is 4. The second kappa shape index (κ2) is 7.13. The Labute approximate surface area is 136 Å². The molecule has 0 saturated carbocycles. The molecule has 1 atom stereocenters. The number of carbonyl (C=O) groups excluding carboxylic acids is 1. The molecule has 5 nitrogen and oxygen atoms in total. The summed E-state index contributed by atoms with van der Waals surface area (Å²) in [5.41, 5.74) is -0.0636. The van der Waals surface area contributed by atoms with Gasteiger partial charge in [0.05, 0.1) is 17.5 Å². The SMILES string of the molecule is CC(C)(C)OC(=O)N[C@H](CC(=O)O)c1ccc(Br)c(Cl)c1. The Kier molecular flexibility index (Phi) is 6.04. The van der Waals surface area contributed by atoms with Gasteiger partial charge >= 0.3 is 12.1 Å². The highest BCUT2D eigenvalue weighted by Crippen LogP contribution is 2.27. The Morgan fingerprint density at radius 3 is 2.52 bits per heavy atom. The van der Waals surface area contributed by atoms with Crippen molar-refractivity contribution in [3.63, 3.8) is 0 Å². The van der Waals surface area contributed by atoms with Crippen molar-refractivity contribution in [2.75, 3.05) is 0 Å². The third-order valence-electron chi connectivity index (χ3n) is 2.42. The zero-order valence-corrected chi connectivity index (χ0v) is 14.3. The van der Waals surface area contributed by atoms with Gasteiger partial charge in [-0.3, -0.25) is 4.79 Å². The first-order valence-electron chi connectivity index (χ1n) is 6.25. The zero-order chi connectivity index (χ0) is 16.2. The van der Waals surface area contributed by atoms with E-state index in [-0.39, 0.29) is 6.42 Å². The molecule has 0 aliphatic heterocycles. The summed E-state index contributed by atoms with van der Waals surface area (Å²) >= 11 is 9.26. The molecule has 21 heavy (non-hydrogen) atoms. The molecule has 1 aromatic rings. The molecule has 0 unspecified atom stereocenters. The lowest BCUT2D eigenvalue weighted by molar-refractivity contribution is -0.137. The lowest BCUT2D eigenvalue weighted by Crippen LogP contribution is -2.35. The van der Waals surface area contributed by atoms with Gasteiger partial charge in [-0.15, -0.1) is 0 Å². The number of hydrogen-bond donors (Lipinski definition) is 2. The number of carbonyl (C=O) groups is 2. The minimum atomic E-state index is -1.03. The van der Waals surface area contributed by atoms with Crippen molar-refractivity contribution in [2.24, 2.45) is 0 Å². The molecule has 116 valence electrons. The summed E-state index contributed by atoms with van der Waals surface area (Å²) in [4.78, 5) is 22.8. The molecule has 1 aromatic carbocycles. The Bertz CT molecular complexity index is 542. The largest absolute Gasteiger partial charge is 0.481 e. The average molecular weight is 379 g/mol. The number of ether oxygens (including phenoxy) is 1. The Hall–Kier alpha value is -1.27. The van der Waals surface area contributed by atoms with Crippen molar-refractivity contribution in [1.82, 2.24) is 5.32 Å². The molecular weight excluding hydrogens is 362 g/mol. The van der Waals surface area contributed by atoms with Gasteiger partial charge in [-0.1, -0.05) is 17.7 Å². The zero-order valence-electron chi connectivity index (χ0n) is 11.9. The Morgan fingerprint density at radius 1 is 1.43 bits per heavy atom. The first kappa shape index (κ1) is 17.8. The fraction of sp³-hybridized carbons (Fsp3) is 0.429. The number of carboxylic acid groups (broad SMARTS) is 1. The lowest BCUT2D eigenvalue weighted by Gasteiger charge is -2.23. The number of benzene rings is 1. The van der Waals surface area contributed by atoms with Gasteiger partial charge in [-0.2, -0.15) is 0 Å². The van der Waals surface area contributed by atoms with Crippen molar-refractivity contribution in [2.45, 2.75) is 38.8 Å². The fourth-order valence-electron chi connectivity index (χ4n) is 1.61. The van der Waals surface area contributed by atoms with Crippen molar-refractivity contribution in [3.8, 4) is 0 Å². The second-order valence-corrected chi connectivity index (χ2v) is 6.73. The molecule has 0 radical (unpaired) electrons. The molecule has 1 rings (SSSR count). The normalized spacial score (nSPS) is 12.6. The van der Waals surface area contributed by atoms with Crippen LogP contribution in [0.4, 0.5) is 4.79 Å². The van der Waals surface area contributed by atoms with Crippen LogP contribution in [0.5, 0.6) is 0 Å². The third-order valence-corrected chi connectivity index (χ3v) is 3.65. The minimum absolute atomic E-state index is 0.267. The van der Waals surface area contributed by atoms with Gasteiger partial charge in [0, 0.05) is 4.47 Å². The number of carboxylic acids is 1. The lowest BCUT2D eigenvalue weighted by atomic mass is 10.0. The molecule has 0 spiro atoms. The van der Waals surface area contributed by atoms with Crippen LogP contribution in [-0.4, -0.2) is 22.8 Å². The van der Waals surface area contributed by atoms with Gasteiger partial charge in [0.25, 0.3) is 0 Å². The van der Waals surface area contributed by atoms with Crippen LogP contribution in [0.25, 0.3) is 0 Å². The number of halogens is 2. The fourth-order valence-corrected chi connectivity index (χ4v) is 2.04. The van der Waals surface area contributed by atoms with Gasteiger partial charge in [0.15, 0.2) is 0 Å². The average Bonchev–Trinajstić information content (AvgIpc) is 2.28. The van der Waals surface area contributed by atoms with E-state index in [9.17, 15) is 9.59 Å². The van der Waals surface area contributed by atoms with Crippen LogP contribution in [0.15, 0.2) is 22.7 Å². The predicted octanol–water partition coefficient (Wildman–Crippen LogP) is 4.14. The van der Waals surface area contributed by atoms with Crippen LogP contribution in [0.2, 0.25) is 5.02 Å². The molecule has 0 aliphatic carbocycles. The maximum absolute atomic E-state index is 11.8. The van der Waals surface area contributed by atoms with Crippen LogP contribution in [0.3, 0.4) is 0 Å². The summed E-state index contributed by atoms with van der Waals surface area (Å²) < 4.78 is 5.83. The predicted molar refractivity (Wildman–Crippen MR) is 83.5 cm³/mol. The van der Waals surface area contributed by atoms with Crippen molar-refractivity contribution < 1.29 is 19.4 Å². The van der Waals surface area contributed by atoms with E-state index < -0.39 is 23.7 Å². The highest BCUT2D eigenvalue weighted by Gasteiger charge is 2.22. The summed E-state index contributed by atoms with van der Waals surface area (Å²) in [5.74, 6) is -1.03. The number of alkyl carbamates (subject to hydrolysis) is 1. The molecule has 1 amide bonds. The standard InChI is InChI=1S/C14H17BrClNO4/c1-14(2,3)21-13(20)17-11(7-12(18)19)8-4-5-9(15)10(16)6-8/h4-6,11H,7H2,1-3H3,(H,17,20)(H,18,19)/t11-/m1/s1. The van der Waals surface area contributed by atoms with E-state index in [1.165, 1.54) is 0 Å². The molecular formula is C14H17BrClNO4. The molecule has 0 saturated heterocycles. The van der Waals surface area contributed by atoms with E-state index >= 15 is 0 Å². The number of hydrogen-bond acceptors (Lipinski definition) is 3. The van der Waals surface area contributed by atoms with Crippen LogP contribution in [0, 0.1) is 0 Å². The first-order chi connectivity index (χ1) is 9.58. The topological polar surface area (TPSA) is 75.6 Å². The van der Waals surface area contributed by atoms with Crippen molar-refractivity contribution >= 4 is 39.6 Å². The summed E-state index contributed by atoms with van der Waals surface area (Å²) in [6.07, 6.45) is -0.940. The number of nitrogens with one attached hydrogen (secondary N) is 1. The van der Waals surface area contributed by atoms with Crippen LogP contribution >= 0.6 is 27.5 Å². The van der Waals surface area contributed by atoms with Gasteiger partial charge in [0.1, 0.15) is 5.60 Å². The smallest absolute Gasteiger partial charge is 0.408 e. The highest BCUT2D eigenvalue weighted by molar-refractivity contribution is 9.10. The van der Waals surface area contributed by atoms with Gasteiger partial charge < -0.3 is 15.2 Å². The Morgan fingerprint density at radius 2 is 2.05 bits per heavy atom. The van der Waals surface area contributed by atoms with Crippen molar-refractivity contribution in [3.05, 3.63) is 33.3 Å². The van der Waals surface area contributed by atoms with Gasteiger partial charge in [-0.25, -0.2) is 4.79 Å². The summed E-state index contributed by atoms with van der Waals surface area (Å²) in [5, 5.41) is 12.0. The van der Waals surface area contributed by atoms with Crippen LogP contribution < -0.4 is 5.32 Å². The maximum atomic E-state index is 11.8. The summed E-state index contributed by atoms with van der Waals surface area (Å²) in [6.45, 7) is 5.19. The molecule has 0 bridgehead atoms. The van der Waals surface area contributed by atoms with E-state index in [4.69, 9.17) is 21.4 Å². The van der Waals surface area contributed by atoms with Gasteiger partial charge in [-0.05, 0) is 54.4 Å². The molecule has 0 heterocycles. The maximum Gasteiger partial charge on any atom is 0.408 e. The van der Waals surface area contributed by atoms with Crippen LogP contribution in [-0.2, 0) is 9.53 Å². The van der Waals surface area contributed by atoms with E-state index in [1.807, 2.05) is 0 Å². The van der Waals surface area contributed by atoms with Crippen molar-refractivity contribution in [1.29, 1.82) is 0 Å². The Balaban J connectivity index is 2.92. The second-order valence-electron chi connectivity index (χ2n) is 5.47. The van der Waals surface area contributed by atoms with Gasteiger partial charge in [0.2, 0.25) is 0 Å². The highest BCUT2D eigenvalue weighted by atomic mass is 79.9. The minimum Gasteiger partial charge on any atom is -0.481 e. The third kappa shape index (κ3) is 6.35. The van der Waals surface area contributed by atoms with E-state index in [0.29, 0.717) is 15.1 Å². The van der Waals surface area contributed by atoms with E-state index in [1.54, 1.807) is 39.0 Å². The van der Waals surface area contributed by atoms with E-state index in [0.717, 1.165) is 0 Å². The molecule has 0 aliphatic rings. The molecule has 0 aromatic heterocycles. The molecule has 7 heteroatoms. The number of amides is 1. The van der Waals surface area contributed by atoms with Crippen LogP contribution in [0.1, 0.15) is 38.8 Å². The molecule has 0 fully saturated rings. The summed E-state index contributed by atoms with van der Waals surface area (Å²) in [6, 6.07) is 4.28. The summed E-state index contributed by atoms with van der Waals surface area (Å²) in [7, 11) is 0. The quantitative estimate of drug-likeness (QED) is 0.825. The first-order valence-corrected chi connectivity index (χ1v) is 7.42.